The molecule has 0 saturated carbocycles. The van der Waals surface area contributed by atoms with Gasteiger partial charge in [0.1, 0.15) is 11.6 Å². The van der Waals surface area contributed by atoms with Gasteiger partial charge in [-0.05, 0) is 0 Å². The van der Waals surface area contributed by atoms with Gasteiger partial charge in [0, 0.05) is 44.5 Å². The fourth-order valence-electron chi connectivity index (χ4n) is 2.45. The number of rotatable bonds is 2. The van der Waals surface area contributed by atoms with Crippen LogP contribution in [0, 0.1) is 0 Å². The summed E-state index contributed by atoms with van der Waals surface area (Å²) in [6, 6.07) is 0. The minimum atomic E-state index is 0.353. The first kappa shape index (κ1) is 25.1. The molecule has 0 radical (unpaired) electrons. The molecule has 0 N–H and O–H groups in total. The van der Waals surface area contributed by atoms with Crippen LogP contribution in [0.4, 0.5) is 0 Å². The SMILES string of the molecule is CC.CC.CC(C)c1ncc2cn(C)nc2n1.CC(C)c1ncc2cnn(C)c2n1. The Morgan fingerprint density at radius 2 is 1.27 bits per heavy atom. The Labute approximate surface area is 179 Å². The molecule has 0 saturated heterocycles. The fraction of sp³-hybridized carbons (Fsp3) is 0.545. The van der Waals surface area contributed by atoms with Crippen LogP contribution in [0.3, 0.4) is 0 Å². The van der Waals surface area contributed by atoms with E-state index in [1.807, 2.05) is 60.4 Å². The molecule has 8 heteroatoms. The summed E-state index contributed by atoms with van der Waals surface area (Å²) in [7, 11) is 3.77. The lowest BCUT2D eigenvalue weighted by Crippen LogP contribution is -1.99. The first-order valence-corrected chi connectivity index (χ1v) is 10.7. The maximum atomic E-state index is 4.42. The van der Waals surface area contributed by atoms with Crippen LogP contribution >= 0.6 is 0 Å². The average molecular weight is 413 g/mol. The summed E-state index contributed by atoms with van der Waals surface area (Å²) in [5.41, 5.74) is 1.68. The molecule has 0 fully saturated rings. The maximum Gasteiger partial charge on any atom is 0.184 e. The highest BCUT2D eigenvalue weighted by atomic mass is 15.3. The largest absolute Gasteiger partial charge is 0.273 e. The van der Waals surface area contributed by atoms with Crippen LogP contribution in [0.15, 0.2) is 24.8 Å². The predicted octanol–water partition coefficient (Wildman–Crippen LogP) is 5.03. The zero-order valence-electron chi connectivity index (χ0n) is 20.0. The van der Waals surface area contributed by atoms with E-state index in [1.54, 1.807) is 15.6 Å². The van der Waals surface area contributed by atoms with Crippen molar-refractivity contribution in [1.82, 2.24) is 39.5 Å². The van der Waals surface area contributed by atoms with E-state index in [4.69, 9.17) is 0 Å². The summed E-state index contributed by atoms with van der Waals surface area (Å²) >= 11 is 0. The average Bonchev–Trinajstić information content (AvgIpc) is 3.32. The molecule has 0 spiro atoms. The molecule has 0 aromatic carbocycles. The van der Waals surface area contributed by atoms with E-state index in [-0.39, 0.29) is 0 Å². The smallest absolute Gasteiger partial charge is 0.184 e. The Kier molecular flexibility index (Phi) is 10.0. The van der Waals surface area contributed by atoms with E-state index in [2.05, 4.69) is 57.8 Å². The van der Waals surface area contributed by atoms with E-state index in [0.29, 0.717) is 11.8 Å². The molecule has 8 nitrogen and oxygen atoms in total. The quantitative estimate of drug-likeness (QED) is 0.459. The number of fused-ring (bicyclic) bond motifs is 2. The Balaban J connectivity index is 0.000000258. The van der Waals surface area contributed by atoms with Crippen molar-refractivity contribution in [3.63, 3.8) is 0 Å². The summed E-state index contributed by atoms with van der Waals surface area (Å²) in [6.45, 7) is 16.3. The van der Waals surface area contributed by atoms with Crippen molar-refractivity contribution in [2.75, 3.05) is 0 Å². The molecule has 4 heterocycles. The standard InChI is InChI=1S/2C9H12N4.2C2H6/c1-6(2)8-10-4-7-5-13(3)12-9(7)11-8;1-6(2)8-10-4-7-5-11-13(3)9(7)12-8;2*1-2/h2*4-6H,1-3H3;2*1-2H3. The monoisotopic (exact) mass is 412 g/mol. The van der Waals surface area contributed by atoms with E-state index >= 15 is 0 Å². The molecule has 0 aliphatic heterocycles. The summed E-state index contributed by atoms with van der Waals surface area (Å²) in [5, 5.41) is 10.3. The van der Waals surface area contributed by atoms with Crippen molar-refractivity contribution < 1.29 is 0 Å². The van der Waals surface area contributed by atoms with Gasteiger partial charge in [-0.15, -0.1) is 0 Å². The lowest BCUT2D eigenvalue weighted by Gasteiger charge is -2.02. The first-order chi connectivity index (χ1) is 14.3. The highest BCUT2D eigenvalue weighted by Crippen LogP contribution is 2.14. The molecule has 0 atom stereocenters. The lowest BCUT2D eigenvalue weighted by molar-refractivity contribution is 0.751. The van der Waals surface area contributed by atoms with Gasteiger partial charge in [-0.25, -0.2) is 19.9 Å². The predicted molar refractivity (Wildman–Crippen MR) is 123 cm³/mol. The Bertz CT molecular complexity index is 1020. The summed E-state index contributed by atoms with van der Waals surface area (Å²) in [4.78, 5) is 17.3. The minimum Gasteiger partial charge on any atom is -0.273 e. The molecular weight excluding hydrogens is 376 g/mol. The van der Waals surface area contributed by atoms with E-state index < -0.39 is 0 Å². The van der Waals surface area contributed by atoms with Gasteiger partial charge in [-0.1, -0.05) is 55.4 Å². The second-order valence-electron chi connectivity index (χ2n) is 6.89. The van der Waals surface area contributed by atoms with Crippen LogP contribution in [0.2, 0.25) is 0 Å². The number of nitrogens with zero attached hydrogens (tertiary/aromatic N) is 8. The zero-order valence-corrected chi connectivity index (χ0v) is 20.0. The van der Waals surface area contributed by atoms with Crippen molar-refractivity contribution in [2.45, 2.75) is 67.2 Å². The number of aromatic nitrogens is 8. The first-order valence-electron chi connectivity index (χ1n) is 10.7. The normalized spacial score (nSPS) is 10.3. The van der Waals surface area contributed by atoms with Gasteiger partial charge in [-0.2, -0.15) is 10.2 Å². The molecule has 4 aromatic rings. The third-order valence-corrected chi connectivity index (χ3v) is 3.92. The van der Waals surface area contributed by atoms with Gasteiger partial charge in [0.2, 0.25) is 0 Å². The highest BCUT2D eigenvalue weighted by molar-refractivity contribution is 5.73. The van der Waals surface area contributed by atoms with Crippen molar-refractivity contribution in [3.05, 3.63) is 36.4 Å². The molecule has 0 bridgehead atoms. The zero-order chi connectivity index (χ0) is 22.8. The van der Waals surface area contributed by atoms with E-state index in [1.165, 1.54) is 0 Å². The molecule has 0 amide bonds. The van der Waals surface area contributed by atoms with Gasteiger partial charge in [-0.3, -0.25) is 9.36 Å². The van der Waals surface area contributed by atoms with Gasteiger partial charge < -0.3 is 0 Å². The molecule has 30 heavy (non-hydrogen) atoms. The van der Waals surface area contributed by atoms with Crippen LogP contribution in [-0.2, 0) is 14.1 Å². The van der Waals surface area contributed by atoms with Crippen LogP contribution in [0.1, 0.15) is 78.9 Å². The Morgan fingerprint density at radius 1 is 0.733 bits per heavy atom. The van der Waals surface area contributed by atoms with Gasteiger partial charge in [0.15, 0.2) is 11.3 Å². The third kappa shape index (κ3) is 6.30. The van der Waals surface area contributed by atoms with Crippen LogP contribution in [-0.4, -0.2) is 39.5 Å². The second-order valence-corrected chi connectivity index (χ2v) is 6.89. The minimum absolute atomic E-state index is 0.353. The number of aryl methyl sites for hydroxylation is 2. The third-order valence-electron chi connectivity index (χ3n) is 3.92. The van der Waals surface area contributed by atoms with Crippen molar-refractivity contribution >= 4 is 22.1 Å². The Morgan fingerprint density at radius 3 is 1.83 bits per heavy atom. The van der Waals surface area contributed by atoms with Crippen LogP contribution in [0.5, 0.6) is 0 Å². The molecule has 4 rings (SSSR count). The van der Waals surface area contributed by atoms with Crippen LogP contribution < -0.4 is 0 Å². The van der Waals surface area contributed by atoms with Gasteiger partial charge in [0.05, 0.1) is 17.0 Å². The highest BCUT2D eigenvalue weighted by Gasteiger charge is 2.07. The summed E-state index contributed by atoms with van der Waals surface area (Å²) < 4.78 is 3.52. The van der Waals surface area contributed by atoms with Gasteiger partial charge >= 0.3 is 0 Å². The Hall–Kier alpha value is -2.90. The molecule has 0 aliphatic carbocycles. The van der Waals surface area contributed by atoms with Crippen molar-refractivity contribution in [3.8, 4) is 0 Å². The van der Waals surface area contributed by atoms with Gasteiger partial charge in [0.25, 0.3) is 0 Å². The lowest BCUT2D eigenvalue weighted by atomic mass is 10.2. The number of hydrogen-bond acceptors (Lipinski definition) is 6. The van der Waals surface area contributed by atoms with Crippen molar-refractivity contribution in [2.24, 2.45) is 14.1 Å². The molecular formula is C22H36N8. The molecule has 0 unspecified atom stereocenters. The maximum absolute atomic E-state index is 4.42. The van der Waals surface area contributed by atoms with Crippen molar-refractivity contribution in [1.29, 1.82) is 0 Å². The van der Waals surface area contributed by atoms with Crippen LogP contribution in [0.25, 0.3) is 22.1 Å². The topological polar surface area (TPSA) is 87.2 Å². The second kappa shape index (κ2) is 11.9. The summed E-state index contributed by atoms with van der Waals surface area (Å²) in [6.07, 6.45) is 7.34. The molecule has 0 aliphatic rings. The van der Waals surface area contributed by atoms with E-state index in [9.17, 15) is 0 Å². The van der Waals surface area contributed by atoms with E-state index in [0.717, 1.165) is 33.7 Å². The number of hydrogen-bond donors (Lipinski definition) is 0. The molecule has 4 aromatic heterocycles. The summed E-state index contributed by atoms with van der Waals surface area (Å²) in [5.74, 6) is 2.44. The molecule has 164 valence electrons. The fourth-order valence-corrected chi connectivity index (χ4v) is 2.45.